The number of carboxylic acid groups (broad SMARTS) is 1. The fraction of sp³-hybridized carbons (Fsp3) is 0.300. The van der Waals surface area contributed by atoms with Crippen LogP contribution in [0.15, 0.2) is 24.3 Å². The minimum absolute atomic E-state index is 0.563. The van der Waals surface area contributed by atoms with Crippen LogP contribution in [-0.2, 0) is 4.79 Å². The lowest BCUT2D eigenvalue weighted by Gasteiger charge is -2.08. The van der Waals surface area contributed by atoms with Gasteiger partial charge >= 0.3 is 5.97 Å². The molecular formula is C10H12O3S. The van der Waals surface area contributed by atoms with Crippen molar-refractivity contribution < 1.29 is 14.6 Å². The van der Waals surface area contributed by atoms with Gasteiger partial charge in [0.1, 0.15) is 11.0 Å². The second-order valence-corrected chi connectivity index (χ2v) is 3.26. The van der Waals surface area contributed by atoms with Crippen molar-refractivity contribution in [3.05, 3.63) is 29.8 Å². The maximum Gasteiger partial charge on any atom is 0.320 e. The number of aliphatic carboxylic acids is 1. The van der Waals surface area contributed by atoms with Gasteiger partial charge in [0.25, 0.3) is 0 Å². The van der Waals surface area contributed by atoms with E-state index >= 15 is 0 Å². The van der Waals surface area contributed by atoms with Crippen molar-refractivity contribution in [2.24, 2.45) is 0 Å². The van der Waals surface area contributed by atoms with E-state index in [-0.39, 0.29) is 0 Å². The van der Waals surface area contributed by atoms with Crippen LogP contribution in [-0.4, -0.2) is 17.7 Å². The normalized spacial score (nSPS) is 12.1. The smallest absolute Gasteiger partial charge is 0.320 e. The maximum atomic E-state index is 10.7. The highest BCUT2D eigenvalue weighted by molar-refractivity contribution is 7.81. The molecule has 1 atom stereocenters. The first kappa shape index (κ1) is 10.9. The van der Waals surface area contributed by atoms with E-state index in [1.165, 1.54) is 0 Å². The predicted octanol–water partition coefficient (Wildman–Crippen LogP) is 2.14. The average Bonchev–Trinajstić information content (AvgIpc) is 2.17. The second-order valence-electron chi connectivity index (χ2n) is 2.75. The molecule has 0 fully saturated rings. The lowest BCUT2D eigenvalue weighted by atomic mass is 10.1. The Bertz CT molecular complexity index is 325. The zero-order valence-electron chi connectivity index (χ0n) is 7.80. The van der Waals surface area contributed by atoms with Crippen molar-refractivity contribution in [2.75, 3.05) is 6.61 Å². The summed E-state index contributed by atoms with van der Waals surface area (Å²) in [4.78, 5) is 10.7. The van der Waals surface area contributed by atoms with Gasteiger partial charge in [-0.25, -0.2) is 0 Å². The van der Waals surface area contributed by atoms with E-state index in [9.17, 15) is 4.79 Å². The number of benzene rings is 1. The van der Waals surface area contributed by atoms with Crippen LogP contribution in [0.25, 0.3) is 0 Å². The molecule has 0 heterocycles. The van der Waals surface area contributed by atoms with Gasteiger partial charge in [0.2, 0.25) is 0 Å². The molecule has 0 spiro atoms. The minimum atomic E-state index is -0.956. The molecule has 1 N–H and O–H groups in total. The van der Waals surface area contributed by atoms with Gasteiger partial charge in [0, 0.05) is 0 Å². The van der Waals surface area contributed by atoms with Gasteiger partial charge in [-0.15, -0.1) is 0 Å². The zero-order valence-corrected chi connectivity index (χ0v) is 8.70. The number of hydrogen-bond acceptors (Lipinski definition) is 3. The van der Waals surface area contributed by atoms with Gasteiger partial charge in [-0.1, -0.05) is 12.1 Å². The quantitative estimate of drug-likeness (QED) is 0.752. The van der Waals surface area contributed by atoms with E-state index in [0.29, 0.717) is 17.9 Å². The molecule has 0 aliphatic heterocycles. The summed E-state index contributed by atoms with van der Waals surface area (Å²) in [5.41, 5.74) is 0.631. The van der Waals surface area contributed by atoms with Crippen LogP contribution in [0.1, 0.15) is 17.7 Å². The van der Waals surface area contributed by atoms with E-state index in [4.69, 9.17) is 9.84 Å². The fourth-order valence-corrected chi connectivity index (χ4v) is 1.24. The molecule has 3 nitrogen and oxygen atoms in total. The number of carbonyl (C=O) groups is 1. The highest BCUT2D eigenvalue weighted by Gasteiger charge is 2.14. The first-order valence-electron chi connectivity index (χ1n) is 4.28. The van der Waals surface area contributed by atoms with Gasteiger partial charge in [0.15, 0.2) is 0 Å². The van der Waals surface area contributed by atoms with Crippen LogP contribution in [0.4, 0.5) is 0 Å². The standard InChI is InChI=1S/C10H12O3S/c1-2-13-8-5-3-4-7(6-8)9(14)10(11)12/h3-6,9,14H,2H2,1H3,(H,11,12). The molecule has 1 rings (SSSR count). The fourth-order valence-electron chi connectivity index (χ4n) is 1.08. The summed E-state index contributed by atoms with van der Waals surface area (Å²) in [7, 11) is 0. The van der Waals surface area contributed by atoms with Crippen molar-refractivity contribution in [1.82, 2.24) is 0 Å². The number of carboxylic acids is 1. The summed E-state index contributed by atoms with van der Waals surface area (Å²) in [5.74, 6) is -0.285. The van der Waals surface area contributed by atoms with Crippen LogP contribution in [0.2, 0.25) is 0 Å². The van der Waals surface area contributed by atoms with Crippen LogP contribution >= 0.6 is 12.6 Å². The lowest BCUT2D eigenvalue weighted by molar-refractivity contribution is -0.136. The molecular weight excluding hydrogens is 200 g/mol. The molecule has 1 unspecified atom stereocenters. The monoisotopic (exact) mass is 212 g/mol. The third kappa shape index (κ3) is 2.67. The summed E-state index contributed by atoms with van der Waals surface area (Å²) >= 11 is 3.97. The molecule has 1 aromatic rings. The Kier molecular flexibility index (Phi) is 3.83. The third-order valence-corrected chi connectivity index (χ3v) is 2.24. The average molecular weight is 212 g/mol. The van der Waals surface area contributed by atoms with Gasteiger partial charge in [-0.2, -0.15) is 12.6 Å². The molecule has 0 aliphatic rings. The Balaban J connectivity index is 2.87. The lowest BCUT2D eigenvalue weighted by Crippen LogP contribution is -2.05. The Morgan fingerprint density at radius 2 is 2.36 bits per heavy atom. The first-order valence-corrected chi connectivity index (χ1v) is 4.80. The highest BCUT2D eigenvalue weighted by atomic mass is 32.1. The van der Waals surface area contributed by atoms with Crippen LogP contribution in [0.5, 0.6) is 5.75 Å². The number of thiol groups is 1. The molecule has 0 bridgehead atoms. The van der Waals surface area contributed by atoms with Crippen molar-refractivity contribution in [1.29, 1.82) is 0 Å². The molecule has 0 saturated heterocycles. The van der Waals surface area contributed by atoms with Crippen molar-refractivity contribution in [2.45, 2.75) is 12.2 Å². The van der Waals surface area contributed by atoms with E-state index in [0.717, 1.165) is 0 Å². The SMILES string of the molecule is CCOc1cccc(C(S)C(=O)O)c1. The largest absolute Gasteiger partial charge is 0.494 e. The minimum Gasteiger partial charge on any atom is -0.494 e. The molecule has 0 amide bonds. The summed E-state index contributed by atoms with van der Waals surface area (Å²) in [6, 6.07) is 6.95. The van der Waals surface area contributed by atoms with E-state index in [1.54, 1.807) is 24.3 Å². The molecule has 1 aromatic carbocycles. The summed E-state index contributed by atoms with van der Waals surface area (Å²) in [5, 5.41) is 7.94. The molecule has 0 radical (unpaired) electrons. The number of rotatable bonds is 4. The van der Waals surface area contributed by atoms with E-state index in [2.05, 4.69) is 12.6 Å². The Labute approximate surface area is 88.1 Å². The molecule has 4 heteroatoms. The third-order valence-electron chi connectivity index (χ3n) is 1.72. The highest BCUT2D eigenvalue weighted by Crippen LogP contribution is 2.23. The Morgan fingerprint density at radius 3 is 2.93 bits per heavy atom. The number of ether oxygens (including phenoxy) is 1. The van der Waals surface area contributed by atoms with Crippen molar-refractivity contribution in [3.63, 3.8) is 0 Å². The zero-order chi connectivity index (χ0) is 10.6. The van der Waals surface area contributed by atoms with Crippen molar-refractivity contribution >= 4 is 18.6 Å². The van der Waals surface area contributed by atoms with Crippen LogP contribution in [0, 0.1) is 0 Å². The van der Waals surface area contributed by atoms with Crippen molar-refractivity contribution in [3.8, 4) is 5.75 Å². The molecule has 0 saturated carbocycles. The summed E-state index contributed by atoms with van der Waals surface area (Å²) < 4.78 is 5.25. The van der Waals surface area contributed by atoms with E-state index < -0.39 is 11.2 Å². The topological polar surface area (TPSA) is 46.5 Å². The van der Waals surface area contributed by atoms with Gasteiger partial charge in [0.05, 0.1) is 6.61 Å². The van der Waals surface area contributed by atoms with Gasteiger partial charge < -0.3 is 9.84 Å². The molecule has 0 aliphatic carbocycles. The number of hydrogen-bond donors (Lipinski definition) is 2. The van der Waals surface area contributed by atoms with E-state index in [1.807, 2.05) is 6.92 Å². The molecule has 76 valence electrons. The predicted molar refractivity (Wildman–Crippen MR) is 57.0 cm³/mol. The summed E-state index contributed by atoms with van der Waals surface area (Å²) in [6.07, 6.45) is 0. The van der Waals surface area contributed by atoms with Gasteiger partial charge in [-0.05, 0) is 24.6 Å². The van der Waals surface area contributed by atoms with Gasteiger partial charge in [-0.3, -0.25) is 4.79 Å². The Morgan fingerprint density at radius 1 is 1.64 bits per heavy atom. The van der Waals surface area contributed by atoms with Crippen LogP contribution < -0.4 is 4.74 Å². The maximum absolute atomic E-state index is 10.7. The second kappa shape index (κ2) is 4.91. The Hall–Kier alpha value is -1.16. The van der Waals surface area contributed by atoms with Crippen LogP contribution in [0.3, 0.4) is 0 Å². The first-order chi connectivity index (χ1) is 6.65. The molecule has 14 heavy (non-hydrogen) atoms. The molecule has 0 aromatic heterocycles. The summed E-state index contributed by atoms with van der Waals surface area (Å²) in [6.45, 7) is 2.44.